The van der Waals surface area contributed by atoms with Gasteiger partial charge in [-0.15, -0.1) is 0 Å². The quantitative estimate of drug-likeness (QED) is 0.364. The van der Waals surface area contributed by atoms with Gasteiger partial charge in [0.1, 0.15) is 5.60 Å². The number of nitrogens with one attached hydrogen (secondary N) is 3. The summed E-state index contributed by atoms with van der Waals surface area (Å²) in [4.78, 5) is 18.2. The first kappa shape index (κ1) is 22.5. The van der Waals surface area contributed by atoms with Gasteiger partial charge in [0.2, 0.25) is 0 Å². The molecule has 0 aliphatic heterocycles. The Hall–Kier alpha value is -1.50. The number of hydrogen-bond donors (Lipinski definition) is 3. The van der Waals surface area contributed by atoms with Crippen LogP contribution < -0.4 is 16.0 Å². The summed E-state index contributed by atoms with van der Waals surface area (Å²) in [5.41, 5.74) is -0.477. The number of carbonyl (C=O) groups is 1. The summed E-state index contributed by atoms with van der Waals surface area (Å²) in [6.07, 6.45) is 6.30. The summed E-state index contributed by atoms with van der Waals surface area (Å²) in [6, 6.07) is 0.508. The highest BCUT2D eigenvalue weighted by atomic mass is 16.6. The van der Waals surface area contributed by atoms with Crippen LogP contribution in [0.15, 0.2) is 4.99 Å². The predicted octanol–water partition coefficient (Wildman–Crippen LogP) is 2.19. The van der Waals surface area contributed by atoms with Crippen molar-refractivity contribution in [3.8, 4) is 0 Å². The standard InChI is InChI=1S/C19H39N5O2/c1-19(2,3)26-18(25)22-13-12-21-17(20-4)23-14-16(24(5)6)15-10-8-7-9-11-15/h15-16H,7-14H2,1-6H3,(H,22,25)(H2,20,21,23). The summed E-state index contributed by atoms with van der Waals surface area (Å²) in [5.74, 6) is 1.51. The molecule has 152 valence electrons. The molecule has 1 atom stereocenters. The van der Waals surface area contributed by atoms with Crippen LogP contribution in [0.25, 0.3) is 0 Å². The third kappa shape index (κ3) is 9.27. The Morgan fingerprint density at radius 2 is 1.73 bits per heavy atom. The second kappa shape index (κ2) is 11.3. The molecule has 0 radical (unpaired) electrons. The molecule has 0 saturated heterocycles. The number of alkyl carbamates (subject to hydrolysis) is 1. The molecule has 0 aromatic heterocycles. The van der Waals surface area contributed by atoms with E-state index in [1.807, 2.05) is 20.8 Å². The van der Waals surface area contributed by atoms with E-state index in [-0.39, 0.29) is 0 Å². The van der Waals surface area contributed by atoms with Crippen LogP contribution in [0, 0.1) is 5.92 Å². The Kier molecular flexibility index (Phi) is 9.76. The van der Waals surface area contributed by atoms with Crippen LogP contribution in [-0.4, -0.2) is 69.4 Å². The van der Waals surface area contributed by atoms with Gasteiger partial charge in [0, 0.05) is 32.7 Å². The summed E-state index contributed by atoms with van der Waals surface area (Å²) in [7, 11) is 6.08. The molecular formula is C19H39N5O2. The zero-order valence-corrected chi connectivity index (χ0v) is 17.5. The Bertz CT molecular complexity index is 440. The third-order valence-electron chi connectivity index (χ3n) is 4.65. The molecule has 0 heterocycles. The summed E-state index contributed by atoms with van der Waals surface area (Å²) in [5, 5.41) is 9.40. The Morgan fingerprint density at radius 3 is 2.27 bits per heavy atom. The molecule has 1 fully saturated rings. The molecule has 1 saturated carbocycles. The number of carbonyl (C=O) groups excluding carboxylic acids is 1. The minimum Gasteiger partial charge on any atom is -0.444 e. The van der Waals surface area contributed by atoms with Crippen LogP contribution in [0.2, 0.25) is 0 Å². The van der Waals surface area contributed by atoms with Crippen molar-refractivity contribution in [1.29, 1.82) is 0 Å². The fourth-order valence-corrected chi connectivity index (χ4v) is 3.37. The van der Waals surface area contributed by atoms with E-state index in [1.54, 1.807) is 7.05 Å². The van der Waals surface area contributed by atoms with E-state index >= 15 is 0 Å². The topological polar surface area (TPSA) is 78.0 Å². The Morgan fingerprint density at radius 1 is 1.12 bits per heavy atom. The minimum atomic E-state index is -0.477. The summed E-state index contributed by atoms with van der Waals surface area (Å²) < 4.78 is 5.21. The average molecular weight is 370 g/mol. The predicted molar refractivity (Wildman–Crippen MR) is 108 cm³/mol. The van der Waals surface area contributed by atoms with E-state index in [9.17, 15) is 4.79 Å². The van der Waals surface area contributed by atoms with Crippen LogP contribution in [-0.2, 0) is 4.74 Å². The van der Waals surface area contributed by atoms with Gasteiger partial charge in [-0.2, -0.15) is 0 Å². The lowest BCUT2D eigenvalue weighted by Crippen LogP contribution is -2.49. The van der Waals surface area contributed by atoms with Gasteiger partial charge in [-0.3, -0.25) is 4.99 Å². The van der Waals surface area contributed by atoms with E-state index in [2.05, 4.69) is 39.9 Å². The van der Waals surface area contributed by atoms with E-state index in [1.165, 1.54) is 32.1 Å². The number of hydrogen-bond acceptors (Lipinski definition) is 4. The number of ether oxygens (including phenoxy) is 1. The number of aliphatic imine (C=N–C) groups is 1. The smallest absolute Gasteiger partial charge is 0.407 e. The maximum absolute atomic E-state index is 11.6. The molecule has 26 heavy (non-hydrogen) atoms. The first-order chi connectivity index (χ1) is 12.2. The van der Waals surface area contributed by atoms with Crippen molar-refractivity contribution in [3.05, 3.63) is 0 Å². The maximum atomic E-state index is 11.6. The van der Waals surface area contributed by atoms with Crippen LogP contribution in [0.5, 0.6) is 0 Å². The molecule has 1 aliphatic rings. The van der Waals surface area contributed by atoms with Crippen LogP contribution in [0.1, 0.15) is 52.9 Å². The van der Waals surface area contributed by atoms with Crippen LogP contribution in [0.4, 0.5) is 4.79 Å². The van der Waals surface area contributed by atoms with Gasteiger partial charge in [0.15, 0.2) is 5.96 Å². The number of guanidine groups is 1. The highest BCUT2D eigenvalue weighted by molar-refractivity contribution is 5.79. The molecular weight excluding hydrogens is 330 g/mol. The van der Waals surface area contributed by atoms with Gasteiger partial charge in [-0.05, 0) is 53.6 Å². The monoisotopic (exact) mass is 369 g/mol. The molecule has 7 heteroatoms. The van der Waals surface area contributed by atoms with E-state index in [0.29, 0.717) is 19.1 Å². The number of likely N-dealkylation sites (N-methyl/N-ethyl adjacent to an activating group) is 1. The molecule has 7 nitrogen and oxygen atoms in total. The van der Waals surface area contributed by atoms with Crippen molar-refractivity contribution < 1.29 is 9.53 Å². The van der Waals surface area contributed by atoms with Gasteiger partial charge in [0.05, 0.1) is 0 Å². The minimum absolute atomic E-state index is 0.396. The highest BCUT2D eigenvalue weighted by Crippen LogP contribution is 2.27. The van der Waals surface area contributed by atoms with E-state index < -0.39 is 11.7 Å². The van der Waals surface area contributed by atoms with Crippen molar-refractivity contribution in [3.63, 3.8) is 0 Å². The third-order valence-corrected chi connectivity index (χ3v) is 4.65. The molecule has 0 bridgehead atoms. The van der Waals surface area contributed by atoms with Gasteiger partial charge in [-0.25, -0.2) is 4.79 Å². The van der Waals surface area contributed by atoms with E-state index in [4.69, 9.17) is 4.74 Å². The van der Waals surface area contributed by atoms with E-state index in [0.717, 1.165) is 18.4 Å². The molecule has 0 aromatic rings. The normalized spacial score (nSPS) is 17.7. The maximum Gasteiger partial charge on any atom is 0.407 e. The molecule has 0 aromatic carbocycles. The van der Waals surface area contributed by atoms with Gasteiger partial charge in [-0.1, -0.05) is 19.3 Å². The second-order valence-corrected chi connectivity index (χ2v) is 8.24. The summed E-state index contributed by atoms with van der Waals surface area (Å²) in [6.45, 7) is 7.50. The zero-order valence-electron chi connectivity index (χ0n) is 17.5. The molecule has 1 rings (SSSR count). The lowest BCUT2D eigenvalue weighted by atomic mass is 9.83. The molecule has 1 amide bonds. The highest BCUT2D eigenvalue weighted by Gasteiger charge is 2.25. The number of rotatable bonds is 7. The first-order valence-corrected chi connectivity index (χ1v) is 9.80. The number of amides is 1. The van der Waals surface area contributed by atoms with Crippen molar-refractivity contribution >= 4 is 12.1 Å². The van der Waals surface area contributed by atoms with Crippen molar-refractivity contribution in [1.82, 2.24) is 20.9 Å². The zero-order chi connectivity index (χ0) is 19.6. The lowest BCUT2D eigenvalue weighted by molar-refractivity contribution is 0.0529. The fraction of sp³-hybridized carbons (Fsp3) is 0.895. The van der Waals surface area contributed by atoms with Gasteiger partial charge in [0.25, 0.3) is 0 Å². The van der Waals surface area contributed by atoms with Crippen molar-refractivity contribution in [2.75, 3.05) is 40.8 Å². The first-order valence-electron chi connectivity index (χ1n) is 9.80. The molecule has 1 aliphatic carbocycles. The largest absolute Gasteiger partial charge is 0.444 e. The fourth-order valence-electron chi connectivity index (χ4n) is 3.37. The molecule has 0 spiro atoms. The van der Waals surface area contributed by atoms with Crippen molar-refractivity contribution in [2.45, 2.75) is 64.5 Å². The molecule has 1 unspecified atom stereocenters. The average Bonchev–Trinajstić information content (AvgIpc) is 2.56. The van der Waals surface area contributed by atoms with Crippen molar-refractivity contribution in [2.24, 2.45) is 10.9 Å². The molecule has 3 N–H and O–H groups in total. The van der Waals surface area contributed by atoms with Gasteiger partial charge < -0.3 is 25.6 Å². The SMILES string of the molecule is CN=C(NCCNC(=O)OC(C)(C)C)NCC(C1CCCCC1)N(C)C. The Balaban J connectivity index is 2.31. The second-order valence-electron chi connectivity index (χ2n) is 8.24. The Labute approximate surface area is 159 Å². The van der Waals surface area contributed by atoms with Gasteiger partial charge >= 0.3 is 6.09 Å². The van der Waals surface area contributed by atoms with Crippen LogP contribution >= 0.6 is 0 Å². The summed E-state index contributed by atoms with van der Waals surface area (Å²) >= 11 is 0. The number of nitrogens with zero attached hydrogens (tertiary/aromatic N) is 2. The van der Waals surface area contributed by atoms with Crippen LogP contribution in [0.3, 0.4) is 0 Å². The lowest BCUT2D eigenvalue weighted by Gasteiger charge is -2.35.